The first kappa shape index (κ1) is 12.1. The molecule has 0 aromatic carbocycles. The van der Waals surface area contributed by atoms with Crippen LogP contribution in [0, 0.1) is 11.8 Å². The molecule has 5 nitrogen and oxygen atoms in total. The van der Waals surface area contributed by atoms with Crippen LogP contribution in [0.4, 0.5) is 0 Å². The van der Waals surface area contributed by atoms with Gasteiger partial charge in [0.1, 0.15) is 11.3 Å². The lowest BCUT2D eigenvalue weighted by Gasteiger charge is -2.25. The van der Waals surface area contributed by atoms with Gasteiger partial charge in [-0.05, 0) is 48.8 Å². The number of nitrogens with zero attached hydrogens (tertiary/aromatic N) is 3. The quantitative estimate of drug-likeness (QED) is 0.863. The molecule has 104 valence electrons. The standard InChI is InChI=1S/C14H14ClN3O2/c15-14-16-6-9-5-11(13(19)20)18(12(9)17-14)10-4-7-1-2-8(10)3-7/h5-8,10H,1-4H2,(H,19,20)/t7-,8+,10+/m0/s1. The lowest BCUT2D eigenvalue weighted by Crippen LogP contribution is -2.20. The number of rotatable bonds is 2. The fourth-order valence-corrected chi connectivity index (χ4v) is 4.14. The van der Waals surface area contributed by atoms with Crippen molar-refractivity contribution in [2.75, 3.05) is 0 Å². The zero-order valence-electron chi connectivity index (χ0n) is 10.8. The molecule has 0 spiro atoms. The van der Waals surface area contributed by atoms with E-state index in [4.69, 9.17) is 11.6 Å². The first-order valence-corrected chi connectivity index (χ1v) is 7.28. The van der Waals surface area contributed by atoms with Crippen LogP contribution < -0.4 is 0 Å². The molecule has 2 aliphatic carbocycles. The molecule has 2 aromatic rings. The number of fused-ring (bicyclic) bond motifs is 3. The van der Waals surface area contributed by atoms with E-state index in [9.17, 15) is 9.90 Å². The predicted octanol–water partition coefficient (Wildman–Crippen LogP) is 3.14. The minimum absolute atomic E-state index is 0.164. The zero-order chi connectivity index (χ0) is 13.9. The molecule has 2 heterocycles. The van der Waals surface area contributed by atoms with Crippen molar-refractivity contribution in [3.63, 3.8) is 0 Å². The van der Waals surface area contributed by atoms with Crippen molar-refractivity contribution in [1.29, 1.82) is 0 Å². The zero-order valence-corrected chi connectivity index (χ0v) is 11.5. The molecular weight excluding hydrogens is 278 g/mol. The second-order valence-corrected chi connectivity index (χ2v) is 6.20. The van der Waals surface area contributed by atoms with Crippen molar-refractivity contribution in [3.8, 4) is 0 Å². The fourth-order valence-electron chi connectivity index (χ4n) is 4.01. The Bertz CT molecular complexity index is 712. The highest BCUT2D eigenvalue weighted by atomic mass is 35.5. The number of hydrogen-bond donors (Lipinski definition) is 1. The van der Waals surface area contributed by atoms with Crippen molar-refractivity contribution in [2.45, 2.75) is 31.7 Å². The van der Waals surface area contributed by atoms with Crippen LogP contribution in [-0.4, -0.2) is 25.6 Å². The van der Waals surface area contributed by atoms with E-state index in [2.05, 4.69) is 9.97 Å². The van der Waals surface area contributed by atoms with Gasteiger partial charge in [0.15, 0.2) is 0 Å². The highest BCUT2D eigenvalue weighted by Crippen LogP contribution is 2.51. The third-order valence-corrected chi connectivity index (χ3v) is 4.98. The van der Waals surface area contributed by atoms with Gasteiger partial charge in [-0.3, -0.25) is 0 Å². The minimum Gasteiger partial charge on any atom is -0.477 e. The summed E-state index contributed by atoms with van der Waals surface area (Å²) in [6.45, 7) is 0. The van der Waals surface area contributed by atoms with E-state index < -0.39 is 5.97 Å². The molecule has 1 N–H and O–H groups in total. The monoisotopic (exact) mass is 291 g/mol. The third kappa shape index (κ3) is 1.66. The molecule has 20 heavy (non-hydrogen) atoms. The van der Waals surface area contributed by atoms with Crippen LogP contribution in [-0.2, 0) is 0 Å². The summed E-state index contributed by atoms with van der Waals surface area (Å²) >= 11 is 5.88. The van der Waals surface area contributed by atoms with Crippen LogP contribution in [0.5, 0.6) is 0 Å². The molecule has 2 aliphatic rings. The second-order valence-electron chi connectivity index (χ2n) is 5.86. The van der Waals surface area contributed by atoms with Crippen molar-refractivity contribution in [1.82, 2.24) is 14.5 Å². The second kappa shape index (κ2) is 4.19. The van der Waals surface area contributed by atoms with Crippen molar-refractivity contribution in [3.05, 3.63) is 23.2 Å². The average Bonchev–Trinajstić information content (AvgIpc) is 3.10. The maximum absolute atomic E-state index is 11.5. The fraction of sp³-hybridized carbons (Fsp3) is 0.500. The van der Waals surface area contributed by atoms with Crippen LogP contribution in [0.25, 0.3) is 11.0 Å². The van der Waals surface area contributed by atoms with Gasteiger partial charge in [0.2, 0.25) is 5.28 Å². The van der Waals surface area contributed by atoms with Gasteiger partial charge in [0.05, 0.1) is 0 Å². The van der Waals surface area contributed by atoms with Crippen molar-refractivity contribution >= 4 is 28.6 Å². The number of carboxylic acid groups (broad SMARTS) is 1. The predicted molar refractivity (Wildman–Crippen MR) is 74.0 cm³/mol. The summed E-state index contributed by atoms with van der Waals surface area (Å²) in [6, 6.07) is 1.89. The molecule has 0 amide bonds. The number of carbonyl (C=O) groups is 1. The average molecular weight is 292 g/mol. The maximum atomic E-state index is 11.5. The highest BCUT2D eigenvalue weighted by molar-refractivity contribution is 6.28. The number of hydrogen-bond acceptors (Lipinski definition) is 3. The van der Waals surface area contributed by atoms with Gasteiger partial charge < -0.3 is 9.67 Å². The summed E-state index contributed by atoms with van der Waals surface area (Å²) in [5.41, 5.74) is 0.953. The molecule has 0 unspecified atom stereocenters. The lowest BCUT2D eigenvalue weighted by atomic mass is 9.95. The van der Waals surface area contributed by atoms with Gasteiger partial charge in [-0.2, -0.15) is 4.98 Å². The molecule has 0 aliphatic heterocycles. The first-order valence-electron chi connectivity index (χ1n) is 6.90. The first-order chi connectivity index (χ1) is 9.63. The number of halogens is 1. The van der Waals surface area contributed by atoms with Crippen molar-refractivity contribution < 1.29 is 9.90 Å². The van der Waals surface area contributed by atoms with Gasteiger partial charge in [-0.15, -0.1) is 0 Å². The van der Waals surface area contributed by atoms with Gasteiger partial charge in [-0.1, -0.05) is 6.42 Å². The number of aromatic nitrogens is 3. The van der Waals surface area contributed by atoms with E-state index in [1.54, 1.807) is 12.3 Å². The van der Waals surface area contributed by atoms with Crippen LogP contribution in [0.15, 0.2) is 12.3 Å². The summed E-state index contributed by atoms with van der Waals surface area (Å²) in [6.07, 6.45) is 6.32. The van der Waals surface area contributed by atoms with Crippen LogP contribution >= 0.6 is 11.6 Å². The molecule has 0 saturated heterocycles. The summed E-state index contributed by atoms with van der Waals surface area (Å²) in [5.74, 6) is 0.394. The van der Waals surface area contributed by atoms with Gasteiger partial charge in [0.25, 0.3) is 0 Å². The van der Waals surface area contributed by atoms with Crippen LogP contribution in [0.3, 0.4) is 0 Å². The Balaban J connectivity index is 1.93. The van der Waals surface area contributed by atoms with Crippen LogP contribution in [0.2, 0.25) is 5.28 Å². The van der Waals surface area contributed by atoms with Crippen LogP contribution in [0.1, 0.15) is 42.2 Å². The summed E-state index contributed by atoms with van der Waals surface area (Å²) in [4.78, 5) is 19.7. The molecule has 2 fully saturated rings. The Morgan fingerprint density at radius 2 is 2.25 bits per heavy atom. The Labute approximate surface area is 120 Å². The molecule has 3 atom stereocenters. The smallest absolute Gasteiger partial charge is 0.352 e. The third-order valence-electron chi connectivity index (χ3n) is 4.80. The minimum atomic E-state index is -0.915. The van der Waals surface area contributed by atoms with E-state index in [0.29, 0.717) is 17.3 Å². The Morgan fingerprint density at radius 3 is 2.90 bits per heavy atom. The van der Waals surface area contributed by atoms with Gasteiger partial charge in [0, 0.05) is 17.6 Å². The normalized spacial score (nSPS) is 28.4. The summed E-state index contributed by atoms with van der Waals surface area (Å²) in [7, 11) is 0. The lowest BCUT2D eigenvalue weighted by molar-refractivity contribution is 0.0681. The Hall–Kier alpha value is -1.62. The Kier molecular flexibility index (Phi) is 2.54. The van der Waals surface area contributed by atoms with Gasteiger partial charge >= 0.3 is 5.97 Å². The van der Waals surface area contributed by atoms with E-state index in [1.165, 1.54) is 19.3 Å². The van der Waals surface area contributed by atoms with E-state index in [-0.39, 0.29) is 11.3 Å². The van der Waals surface area contributed by atoms with E-state index >= 15 is 0 Å². The topological polar surface area (TPSA) is 68.0 Å². The van der Waals surface area contributed by atoms with Crippen molar-refractivity contribution in [2.24, 2.45) is 11.8 Å². The number of carboxylic acids is 1. The SMILES string of the molecule is O=C(O)c1cc2cnc(Cl)nc2n1[C@@H]1C[C@H]2CC[C@@H]1C2. The molecule has 4 rings (SSSR count). The van der Waals surface area contributed by atoms with E-state index in [1.807, 2.05) is 4.57 Å². The summed E-state index contributed by atoms with van der Waals surface area (Å²) in [5, 5.41) is 10.4. The van der Waals surface area contributed by atoms with Gasteiger partial charge in [-0.25, -0.2) is 9.78 Å². The molecule has 6 heteroatoms. The molecule has 0 radical (unpaired) electrons. The molecular formula is C14H14ClN3O2. The highest BCUT2D eigenvalue weighted by Gasteiger charge is 2.42. The van der Waals surface area contributed by atoms with E-state index in [0.717, 1.165) is 17.7 Å². The molecule has 2 aromatic heterocycles. The maximum Gasteiger partial charge on any atom is 0.352 e. The molecule has 2 saturated carbocycles. The summed E-state index contributed by atoms with van der Waals surface area (Å²) < 4.78 is 1.88. The number of aromatic carboxylic acids is 1. The molecule has 2 bridgehead atoms. The largest absolute Gasteiger partial charge is 0.477 e. The Morgan fingerprint density at radius 1 is 1.40 bits per heavy atom.